The molecule has 7 nitrogen and oxygen atoms in total. The highest BCUT2D eigenvalue weighted by Gasteiger charge is 2.47. The van der Waals surface area contributed by atoms with Crippen molar-refractivity contribution in [2.75, 3.05) is 59.7 Å². The van der Waals surface area contributed by atoms with Crippen LogP contribution in [0.2, 0.25) is 0 Å². The van der Waals surface area contributed by atoms with Crippen LogP contribution in [0, 0.1) is 11.3 Å². The summed E-state index contributed by atoms with van der Waals surface area (Å²) in [5.41, 5.74) is 1.12. The SMILES string of the molecule is COCCN1C[C@@H](C)[C@@]2(COCCN(C(=O)Cc3ccccc3)C2)C1.O=C(O)C(F)(F)F. The molecule has 1 N–H and O–H groups in total. The summed E-state index contributed by atoms with van der Waals surface area (Å²) in [6, 6.07) is 10.0. The molecule has 0 bridgehead atoms. The van der Waals surface area contributed by atoms with Crippen LogP contribution in [-0.2, 0) is 25.5 Å². The predicted molar refractivity (Wildman–Crippen MR) is 111 cm³/mol. The van der Waals surface area contributed by atoms with Crippen molar-refractivity contribution >= 4 is 11.9 Å². The van der Waals surface area contributed by atoms with Gasteiger partial charge in [-0.3, -0.25) is 4.79 Å². The van der Waals surface area contributed by atoms with E-state index in [4.69, 9.17) is 19.4 Å². The molecule has 2 fully saturated rings. The summed E-state index contributed by atoms with van der Waals surface area (Å²) in [5.74, 6) is -2.04. The fourth-order valence-electron chi connectivity index (χ4n) is 4.08. The number of hydrogen-bond donors (Lipinski definition) is 1. The number of methoxy groups -OCH3 is 1. The van der Waals surface area contributed by atoms with Gasteiger partial charge in [-0.05, 0) is 11.5 Å². The molecule has 1 aromatic carbocycles. The first-order chi connectivity index (χ1) is 15.1. The number of benzene rings is 1. The molecule has 1 amide bonds. The number of ether oxygens (including phenoxy) is 2. The monoisotopic (exact) mass is 460 g/mol. The molecule has 0 aliphatic carbocycles. The Labute approximate surface area is 186 Å². The minimum absolute atomic E-state index is 0.0383. The average molecular weight is 460 g/mol. The number of rotatable bonds is 5. The Balaban J connectivity index is 0.000000451. The number of hydrogen-bond acceptors (Lipinski definition) is 5. The minimum Gasteiger partial charge on any atom is -0.475 e. The van der Waals surface area contributed by atoms with Crippen molar-refractivity contribution in [3.63, 3.8) is 0 Å². The van der Waals surface area contributed by atoms with Gasteiger partial charge in [0.25, 0.3) is 0 Å². The lowest BCUT2D eigenvalue weighted by molar-refractivity contribution is -0.192. The lowest BCUT2D eigenvalue weighted by Crippen LogP contribution is -2.46. The van der Waals surface area contributed by atoms with E-state index >= 15 is 0 Å². The van der Waals surface area contributed by atoms with Crippen LogP contribution in [0.5, 0.6) is 0 Å². The van der Waals surface area contributed by atoms with Crippen LogP contribution >= 0.6 is 0 Å². The number of carboxylic acid groups (broad SMARTS) is 1. The van der Waals surface area contributed by atoms with Crippen LogP contribution < -0.4 is 0 Å². The maximum Gasteiger partial charge on any atom is 0.490 e. The molecule has 0 aromatic heterocycles. The molecule has 2 aliphatic heterocycles. The second-order valence-corrected chi connectivity index (χ2v) is 8.32. The summed E-state index contributed by atoms with van der Waals surface area (Å²) < 4.78 is 42.9. The molecule has 0 saturated carbocycles. The largest absolute Gasteiger partial charge is 0.490 e. The Morgan fingerprint density at radius 1 is 1.25 bits per heavy atom. The van der Waals surface area contributed by atoms with Gasteiger partial charge in [0, 0.05) is 45.2 Å². The Bertz CT molecular complexity index is 747. The van der Waals surface area contributed by atoms with Gasteiger partial charge < -0.3 is 24.4 Å². The molecule has 2 atom stereocenters. The number of nitrogens with zero attached hydrogens (tertiary/aromatic N) is 2. The van der Waals surface area contributed by atoms with E-state index in [0.717, 1.165) is 45.0 Å². The quantitative estimate of drug-likeness (QED) is 0.727. The molecule has 1 spiro atoms. The number of alkyl halides is 3. The highest BCUT2D eigenvalue weighted by molar-refractivity contribution is 5.78. The smallest absolute Gasteiger partial charge is 0.475 e. The third-order valence-corrected chi connectivity index (χ3v) is 5.92. The Morgan fingerprint density at radius 2 is 1.91 bits per heavy atom. The normalized spacial score (nSPS) is 24.0. The molecule has 180 valence electrons. The van der Waals surface area contributed by atoms with Gasteiger partial charge in [0.2, 0.25) is 5.91 Å². The van der Waals surface area contributed by atoms with Crippen molar-refractivity contribution in [2.24, 2.45) is 11.3 Å². The highest BCUT2D eigenvalue weighted by atomic mass is 19.4. The zero-order valence-corrected chi connectivity index (χ0v) is 18.4. The summed E-state index contributed by atoms with van der Waals surface area (Å²) in [5, 5.41) is 7.12. The van der Waals surface area contributed by atoms with Gasteiger partial charge in [0.15, 0.2) is 0 Å². The van der Waals surface area contributed by atoms with Crippen LogP contribution in [0.3, 0.4) is 0 Å². The second-order valence-electron chi connectivity index (χ2n) is 8.32. The van der Waals surface area contributed by atoms with Gasteiger partial charge in [-0.25, -0.2) is 4.79 Å². The van der Waals surface area contributed by atoms with E-state index < -0.39 is 12.1 Å². The number of likely N-dealkylation sites (tertiary alicyclic amines) is 1. The summed E-state index contributed by atoms with van der Waals surface area (Å²) in [6.07, 6.45) is -4.61. The molecule has 0 unspecified atom stereocenters. The highest BCUT2D eigenvalue weighted by Crippen LogP contribution is 2.38. The molecule has 0 radical (unpaired) electrons. The van der Waals surface area contributed by atoms with Gasteiger partial charge in [-0.15, -0.1) is 0 Å². The maximum absolute atomic E-state index is 12.9. The van der Waals surface area contributed by atoms with E-state index in [9.17, 15) is 18.0 Å². The first-order valence-electron chi connectivity index (χ1n) is 10.5. The van der Waals surface area contributed by atoms with Crippen molar-refractivity contribution in [3.05, 3.63) is 35.9 Å². The second kappa shape index (κ2) is 11.6. The Morgan fingerprint density at radius 3 is 2.50 bits per heavy atom. The van der Waals surface area contributed by atoms with E-state index in [2.05, 4.69) is 11.8 Å². The molecule has 10 heteroatoms. The van der Waals surface area contributed by atoms with Crippen molar-refractivity contribution in [1.29, 1.82) is 0 Å². The van der Waals surface area contributed by atoms with Crippen LogP contribution in [0.15, 0.2) is 30.3 Å². The molecule has 3 rings (SSSR count). The van der Waals surface area contributed by atoms with Crippen molar-refractivity contribution in [3.8, 4) is 0 Å². The molecular weight excluding hydrogens is 429 g/mol. The van der Waals surface area contributed by atoms with E-state index in [1.807, 2.05) is 35.2 Å². The van der Waals surface area contributed by atoms with Gasteiger partial charge in [0.1, 0.15) is 0 Å². The fourth-order valence-corrected chi connectivity index (χ4v) is 4.08. The third-order valence-electron chi connectivity index (χ3n) is 5.92. The molecule has 32 heavy (non-hydrogen) atoms. The topological polar surface area (TPSA) is 79.3 Å². The zero-order chi connectivity index (χ0) is 23.8. The van der Waals surface area contributed by atoms with E-state index in [0.29, 0.717) is 25.5 Å². The lowest BCUT2D eigenvalue weighted by Gasteiger charge is -2.35. The van der Waals surface area contributed by atoms with E-state index in [-0.39, 0.29) is 11.3 Å². The summed E-state index contributed by atoms with van der Waals surface area (Å²) in [4.78, 5) is 26.2. The molecular formula is C22H31F3N2O5. The molecule has 2 heterocycles. The number of halogens is 3. The number of carbonyl (C=O) groups excluding carboxylic acids is 1. The number of carboxylic acids is 1. The number of aliphatic carboxylic acids is 1. The Hall–Kier alpha value is -2.17. The number of carbonyl (C=O) groups is 2. The average Bonchev–Trinajstić information content (AvgIpc) is 2.89. The number of amides is 1. The van der Waals surface area contributed by atoms with Gasteiger partial charge in [0.05, 0.1) is 26.2 Å². The van der Waals surface area contributed by atoms with Gasteiger partial charge in [-0.1, -0.05) is 37.3 Å². The van der Waals surface area contributed by atoms with Crippen molar-refractivity contribution in [2.45, 2.75) is 19.5 Å². The lowest BCUT2D eigenvalue weighted by atomic mass is 9.79. The molecule has 2 saturated heterocycles. The maximum atomic E-state index is 12.9. The van der Waals surface area contributed by atoms with Crippen molar-refractivity contribution in [1.82, 2.24) is 9.80 Å². The standard InChI is InChI=1S/C20H30N2O3.C2HF3O2/c1-17-13-21(8-10-24-2)14-20(17)15-22(9-11-25-16-20)19(23)12-18-6-4-3-5-7-18;3-2(4,5)1(6)7/h3-7,17H,8-16H2,1-2H3;(H,6,7)/t17-,20+;/m1./s1. The van der Waals surface area contributed by atoms with E-state index in [1.165, 1.54) is 0 Å². The van der Waals surface area contributed by atoms with Crippen LogP contribution in [-0.4, -0.2) is 92.6 Å². The first kappa shape index (κ1) is 26.1. The van der Waals surface area contributed by atoms with Crippen molar-refractivity contribution < 1.29 is 37.3 Å². The molecule has 1 aromatic rings. The summed E-state index contributed by atoms with van der Waals surface area (Å²) >= 11 is 0. The predicted octanol–water partition coefficient (Wildman–Crippen LogP) is 2.31. The van der Waals surface area contributed by atoms with E-state index in [1.54, 1.807) is 7.11 Å². The third kappa shape index (κ3) is 7.46. The first-order valence-corrected chi connectivity index (χ1v) is 10.5. The summed E-state index contributed by atoms with van der Waals surface area (Å²) in [6.45, 7) is 8.88. The van der Waals surface area contributed by atoms with Gasteiger partial charge in [-0.2, -0.15) is 13.2 Å². The van der Waals surface area contributed by atoms with Gasteiger partial charge >= 0.3 is 12.1 Å². The fraction of sp³-hybridized carbons (Fsp3) is 0.636. The van der Waals surface area contributed by atoms with Crippen LogP contribution in [0.4, 0.5) is 13.2 Å². The van der Waals surface area contributed by atoms with Crippen LogP contribution in [0.1, 0.15) is 12.5 Å². The zero-order valence-electron chi connectivity index (χ0n) is 18.4. The minimum atomic E-state index is -5.08. The van der Waals surface area contributed by atoms with Crippen LogP contribution in [0.25, 0.3) is 0 Å². The Kier molecular flexibility index (Phi) is 9.47. The molecule has 2 aliphatic rings. The summed E-state index contributed by atoms with van der Waals surface area (Å²) in [7, 11) is 1.74.